The highest BCUT2D eigenvalue weighted by molar-refractivity contribution is 5.88. The zero-order chi connectivity index (χ0) is 16.1. The number of urea groups is 1. The Bertz CT molecular complexity index is 654. The minimum atomic E-state index is -0.376. The molecule has 1 aromatic heterocycles. The highest BCUT2D eigenvalue weighted by atomic mass is 16.5. The fraction of sp³-hybridized carbons (Fsp3) is 0.333. The Hall–Kier alpha value is -2.70. The van der Waals surface area contributed by atoms with E-state index in [2.05, 4.69) is 15.8 Å². The van der Waals surface area contributed by atoms with Gasteiger partial charge in [-0.15, -0.1) is 0 Å². The first kappa shape index (κ1) is 15.7. The maximum absolute atomic E-state index is 12.0. The number of rotatable bonds is 5. The van der Waals surface area contributed by atoms with E-state index in [-0.39, 0.29) is 12.1 Å². The number of carbonyl (C=O) groups is 1. The van der Waals surface area contributed by atoms with Gasteiger partial charge in [-0.25, -0.2) is 4.79 Å². The number of carbonyl (C=O) groups excluding carboxylic acids is 1. The van der Waals surface area contributed by atoms with Crippen LogP contribution in [-0.4, -0.2) is 25.4 Å². The third-order valence-corrected chi connectivity index (χ3v) is 3.12. The van der Waals surface area contributed by atoms with Crippen molar-refractivity contribution in [2.24, 2.45) is 0 Å². The van der Waals surface area contributed by atoms with E-state index in [0.29, 0.717) is 23.1 Å². The zero-order valence-electron chi connectivity index (χ0n) is 13.0. The van der Waals surface area contributed by atoms with E-state index in [1.165, 1.54) is 0 Å². The Morgan fingerprint density at radius 3 is 2.64 bits per heavy atom. The van der Waals surface area contributed by atoms with Crippen LogP contribution in [0.3, 0.4) is 0 Å². The lowest BCUT2D eigenvalue weighted by Crippen LogP contribution is -2.31. The van der Waals surface area contributed by atoms with E-state index in [9.17, 15) is 4.79 Å². The van der Waals surface area contributed by atoms with Crippen molar-refractivity contribution in [2.45, 2.75) is 19.9 Å². The molecule has 2 amide bonds. The molecule has 0 bridgehead atoms. The molecule has 0 saturated carbocycles. The average molecular weight is 305 g/mol. The summed E-state index contributed by atoms with van der Waals surface area (Å²) in [5.74, 6) is 2.32. The van der Waals surface area contributed by atoms with Gasteiger partial charge in [0, 0.05) is 17.7 Å². The summed E-state index contributed by atoms with van der Waals surface area (Å²) in [7, 11) is 3.16. The van der Waals surface area contributed by atoms with E-state index in [0.717, 1.165) is 5.56 Å². The second kappa shape index (κ2) is 6.84. The summed E-state index contributed by atoms with van der Waals surface area (Å²) < 4.78 is 15.4. The lowest BCUT2D eigenvalue weighted by atomic mass is 10.1. The second-order valence-corrected chi connectivity index (χ2v) is 4.75. The number of hydrogen-bond acceptors (Lipinski definition) is 5. The molecule has 1 heterocycles. The second-order valence-electron chi connectivity index (χ2n) is 4.75. The molecule has 0 unspecified atom stereocenters. The van der Waals surface area contributed by atoms with Gasteiger partial charge in [0.15, 0.2) is 5.82 Å². The minimum Gasteiger partial charge on any atom is -0.497 e. The van der Waals surface area contributed by atoms with Crippen molar-refractivity contribution < 1.29 is 18.8 Å². The van der Waals surface area contributed by atoms with Crippen molar-refractivity contribution in [3.63, 3.8) is 0 Å². The maximum Gasteiger partial charge on any atom is 0.320 e. The summed E-state index contributed by atoms with van der Waals surface area (Å²) in [6.07, 6.45) is 0. The largest absolute Gasteiger partial charge is 0.497 e. The zero-order valence-corrected chi connectivity index (χ0v) is 13.0. The van der Waals surface area contributed by atoms with Gasteiger partial charge in [-0.2, -0.15) is 0 Å². The first-order valence-corrected chi connectivity index (χ1v) is 6.76. The van der Waals surface area contributed by atoms with E-state index >= 15 is 0 Å². The van der Waals surface area contributed by atoms with Gasteiger partial charge in [-0.05, 0) is 26.0 Å². The van der Waals surface area contributed by atoms with Crippen molar-refractivity contribution in [1.82, 2.24) is 10.5 Å². The van der Waals surface area contributed by atoms with Crippen molar-refractivity contribution in [2.75, 3.05) is 19.5 Å². The molecule has 22 heavy (non-hydrogen) atoms. The van der Waals surface area contributed by atoms with E-state index < -0.39 is 0 Å². The average Bonchev–Trinajstić information content (AvgIpc) is 2.91. The smallest absolute Gasteiger partial charge is 0.320 e. The van der Waals surface area contributed by atoms with Gasteiger partial charge >= 0.3 is 6.03 Å². The van der Waals surface area contributed by atoms with Crippen molar-refractivity contribution >= 4 is 11.8 Å². The van der Waals surface area contributed by atoms with Gasteiger partial charge in [-0.3, -0.25) is 5.32 Å². The van der Waals surface area contributed by atoms with Crippen LogP contribution in [0.4, 0.5) is 10.6 Å². The Morgan fingerprint density at radius 1 is 1.27 bits per heavy atom. The predicted molar refractivity (Wildman–Crippen MR) is 81.4 cm³/mol. The summed E-state index contributed by atoms with van der Waals surface area (Å²) in [4.78, 5) is 12.0. The molecule has 0 aliphatic carbocycles. The molecular formula is C15H19N3O4. The van der Waals surface area contributed by atoms with Gasteiger partial charge in [-0.1, -0.05) is 5.16 Å². The summed E-state index contributed by atoms with van der Waals surface area (Å²) in [6, 6.07) is 6.44. The van der Waals surface area contributed by atoms with Crippen LogP contribution in [0.2, 0.25) is 0 Å². The standard InChI is InChI=1S/C15H19N3O4/c1-9-7-14(18-22-9)17-15(19)16-10(2)12-6-5-11(20-3)8-13(12)21-4/h5-8,10H,1-4H3,(H2,16,17,18,19)/t10-/m0/s1. The molecule has 2 aromatic rings. The Kier molecular flexibility index (Phi) is 4.88. The molecular weight excluding hydrogens is 286 g/mol. The number of nitrogens with zero attached hydrogens (tertiary/aromatic N) is 1. The molecule has 0 saturated heterocycles. The highest BCUT2D eigenvalue weighted by Gasteiger charge is 2.15. The molecule has 1 atom stereocenters. The summed E-state index contributed by atoms with van der Waals surface area (Å²) >= 11 is 0. The quantitative estimate of drug-likeness (QED) is 0.887. The third kappa shape index (κ3) is 3.69. The lowest BCUT2D eigenvalue weighted by Gasteiger charge is -2.18. The molecule has 0 aliphatic rings. The molecule has 0 spiro atoms. The Morgan fingerprint density at radius 2 is 2.05 bits per heavy atom. The molecule has 1 aromatic carbocycles. The fourth-order valence-corrected chi connectivity index (χ4v) is 2.03. The van der Waals surface area contributed by atoms with Crippen molar-refractivity contribution in [3.8, 4) is 11.5 Å². The number of hydrogen-bond donors (Lipinski definition) is 2. The van der Waals surface area contributed by atoms with Crippen LogP contribution in [-0.2, 0) is 0 Å². The van der Waals surface area contributed by atoms with Crippen molar-refractivity contribution in [3.05, 3.63) is 35.6 Å². The van der Waals surface area contributed by atoms with E-state index in [4.69, 9.17) is 14.0 Å². The number of amides is 2. The van der Waals surface area contributed by atoms with Gasteiger partial charge in [0.25, 0.3) is 0 Å². The normalized spacial score (nSPS) is 11.6. The van der Waals surface area contributed by atoms with Crippen LogP contribution in [0.25, 0.3) is 0 Å². The van der Waals surface area contributed by atoms with Crippen LogP contribution in [0.5, 0.6) is 11.5 Å². The first-order valence-electron chi connectivity index (χ1n) is 6.76. The lowest BCUT2D eigenvalue weighted by molar-refractivity contribution is 0.249. The van der Waals surface area contributed by atoms with Gasteiger partial charge in [0.2, 0.25) is 0 Å². The van der Waals surface area contributed by atoms with E-state index in [1.54, 1.807) is 33.3 Å². The van der Waals surface area contributed by atoms with Crippen LogP contribution < -0.4 is 20.1 Å². The molecule has 2 N–H and O–H groups in total. The SMILES string of the molecule is COc1ccc([C@H](C)NC(=O)Nc2cc(C)on2)c(OC)c1. The highest BCUT2D eigenvalue weighted by Crippen LogP contribution is 2.29. The van der Waals surface area contributed by atoms with Crippen LogP contribution >= 0.6 is 0 Å². The first-order chi connectivity index (χ1) is 10.5. The van der Waals surface area contributed by atoms with Crippen LogP contribution in [0.1, 0.15) is 24.3 Å². The number of anilines is 1. The molecule has 0 aliphatic heterocycles. The van der Waals surface area contributed by atoms with Crippen molar-refractivity contribution in [1.29, 1.82) is 0 Å². The van der Waals surface area contributed by atoms with Gasteiger partial charge in [0.1, 0.15) is 17.3 Å². The molecule has 0 radical (unpaired) electrons. The maximum atomic E-state index is 12.0. The minimum absolute atomic E-state index is 0.256. The number of aromatic nitrogens is 1. The third-order valence-electron chi connectivity index (χ3n) is 3.12. The summed E-state index contributed by atoms with van der Waals surface area (Å²) in [5, 5.41) is 9.12. The topological polar surface area (TPSA) is 85.6 Å². The van der Waals surface area contributed by atoms with Gasteiger partial charge < -0.3 is 19.3 Å². The van der Waals surface area contributed by atoms with Gasteiger partial charge in [0.05, 0.1) is 20.3 Å². The Balaban J connectivity index is 2.05. The molecule has 7 nitrogen and oxygen atoms in total. The number of nitrogens with one attached hydrogen (secondary N) is 2. The molecule has 7 heteroatoms. The van der Waals surface area contributed by atoms with E-state index in [1.807, 2.05) is 19.1 Å². The monoisotopic (exact) mass is 305 g/mol. The Labute approximate surface area is 128 Å². The number of aryl methyl sites for hydroxylation is 1. The molecule has 118 valence electrons. The predicted octanol–water partition coefficient (Wildman–Crippen LogP) is 2.88. The number of methoxy groups -OCH3 is 2. The van der Waals surface area contributed by atoms with Crippen LogP contribution in [0, 0.1) is 6.92 Å². The summed E-state index contributed by atoms with van der Waals surface area (Å²) in [5.41, 5.74) is 0.842. The fourth-order valence-electron chi connectivity index (χ4n) is 2.03. The molecule has 2 rings (SSSR count). The molecule has 0 fully saturated rings. The number of benzene rings is 1. The van der Waals surface area contributed by atoms with Crippen LogP contribution in [0.15, 0.2) is 28.8 Å². The number of ether oxygens (including phenoxy) is 2. The summed E-state index contributed by atoms with van der Waals surface area (Å²) in [6.45, 7) is 3.61.